The summed E-state index contributed by atoms with van der Waals surface area (Å²) in [4.78, 5) is 11.9. The van der Waals surface area contributed by atoms with E-state index in [-0.39, 0.29) is 17.2 Å². The first kappa shape index (κ1) is 13.2. The molecule has 0 heterocycles. The zero-order valence-corrected chi connectivity index (χ0v) is 10.6. The van der Waals surface area contributed by atoms with Gasteiger partial charge in [0, 0.05) is 11.8 Å². The summed E-state index contributed by atoms with van der Waals surface area (Å²) in [7, 11) is 0. The number of Topliss-reactive ketones (excluding diaryl/α,β-unsaturated/α-hetero) is 1. The Morgan fingerprint density at radius 3 is 2.62 bits per heavy atom. The molecule has 1 rings (SSSR count). The van der Waals surface area contributed by atoms with E-state index in [2.05, 4.69) is 0 Å². The van der Waals surface area contributed by atoms with Crippen molar-refractivity contribution in [3.8, 4) is 0 Å². The number of benzene rings is 1. The Morgan fingerprint density at radius 1 is 1.44 bits per heavy atom. The third-order valence-electron chi connectivity index (χ3n) is 3.02. The minimum atomic E-state index is -0.482. The van der Waals surface area contributed by atoms with Crippen molar-refractivity contribution in [2.24, 2.45) is 5.41 Å². The first-order chi connectivity index (χ1) is 7.38. The number of ketones is 1. The summed E-state index contributed by atoms with van der Waals surface area (Å²) in [6.07, 6.45) is 0.848. The van der Waals surface area contributed by atoms with Gasteiger partial charge in [0.2, 0.25) is 0 Å². The third kappa shape index (κ3) is 2.82. The molecular weight excluding hydrogens is 227 g/mol. The zero-order valence-electron chi connectivity index (χ0n) is 9.81. The molecule has 0 bridgehead atoms. The molecule has 0 aliphatic heterocycles. The molecule has 0 aliphatic rings. The lowest BCUT2D eigenvalue weighted by Gasteiger charge is -2.20. The molecule has 0 radical (unpaired) electrons. The second-order valence-corrected chi connectivity index (χ2v) is 4.96. The minimum absolute atomic E-state index is 0.0381. The smallest absolute Gasteiger partial charge is 0.145 e. The summed E-state index contributed by atoms with van der Waals surface area (Å²) < 4.78 is 13.6. The van der Waals surface area contributed by atoms with E-state index in [1.165, 1.54) is 6.07 Å². The van der Waals surface area contributed by atoms with Crippen LogP contribution in [0.15, 0.2) is 18.2 Å². The van der Waals surface area contributed by atoms with Crippen molar-refractivity contribution in [3.05, 3.63) is 34.6 Å². The normalized spacial score (nSPS) is 11.6. The lowest BCUT2D eigenvalue weighted by Crippen LogP contribution is -2.25. The van der Waals surface area contributed by atoms with Gasteiger partial charge in [0.05, 0.1) is 5.02 Å². The molecule has 0 saturated heterocycles. The fourth-order valence-electron chi connectivity index (χ4n) is 1.29. The predicted molar refractivity (Wildman–Crippen MR) is 64.2 cm³/mol. The van der Waals surface area contributed by atoms with E-state index in [0.717, 1.165) is 6.42 Å². The molecule has 3 heteroatoms. The van der Waals surface area contributed by atoms with E-state index >= 15 is 0 Å². The van der Waals surface area contributed by atoms with Gasteiger partial charge in [0.25, 0.3) is 0 Å². The average molecular weight is 243 g/mol. The minimum Gasteiger partial charge on any atom is -0.299 e. The molecule has 1 aromatic carbocycles. The summed E-state index contributed by atoms with van der Waals surface area (Å²) in [6.45, 7) is 5.70. The highest BCUT2D eigenvalue weighted by atomic mass is 35.5. The molecule has 1 nitrogen and oxygen atoms in total. The highest BCUT2D eigenvalue weighted by Crippen LogP contribution is 2.25. The van der Waals surface area contributed by atoms with E-state index in [9.17, 15) is 9.18 Å². The van der Waals surface area contributed by atoms with Crippen molar-refractivity contribution in [1.29, 1.82) is 0 Å². The Morgan fingerprint density at radius 2 is 2.06 bits per heavy atom. The van der Waals surface area contributed by atoms with Crippen molar-refractivity contribution in [2.45, 2.75) is 33.6 Å². The second-order valence-electron chi connectivity index (χ2n) is 4.55. The summed E-state index contributed by atoms with van der Waals surface area (Å²) in [5.74, 6) is -0.444. The van der Waals surface area contributed by atoms with Crippen LogP contribution in [0.1, 0.15) is 32.8 Å². The molecule has 0 aromatic heterocycles. The van der Waals surface area contributed by atoms with Crippen LogP contribution in [-0.4, -0.2) is 5.78 Å². The van der Waals surface area contributed by atoms with E-state index in [0.29, 0.717) is 5.56 Å². The molecule has 0 N–H and O–H groups in total. The van der Waals surface area contributed by atoms with Gasteiger partial charge >= 0.3 is 0 Å². The Kier molecular flexibility index (Phi) is 4.09. The molecule has 0 spiro atoms. The number of rotatable bonds is 4. The van der Waals surface area contributed by atoms with Gasteiger partial charge < -0.3 is 0 Å². The van der Waals surface area contributed by atoms with Gasteiger partial charge in [0.15, 0.2) is 0 Å². The summed E-state index contributed by atoms with van der Waals surface area (Å²) in [5.41, 5.74) is -0.0339. The molecule has 88 valence electrons. The summed E-state index contributed by atoms with van der Waals surface area (Å²) in [6, 6.07) is 4.74. The lowest BCUT2D eigenvalue weighted by atomic mass is 9.82. The lowest BCUT2D eigenvalue weighted by molar-refractivity contribution is -0.126. The van der Waals surface area contributed by atoms with Crippen LogP contribution in [0.25, 0.3) is 0 Å². The van der Waals surface area contributed by atoms with E-state index < -0.39 is 11.2 Å². The highest BCUT2D eigenvalue weighted by molar-refractivity contribution is 6.30. The van der Waals surface area contributed by atoms with Crippen LogP contribution in [0.2, 0.25) is 5.02 Å². The third-order valence-corrected chi connectivity index (χ3v) is 3.31. The maximum absolute atomic E-state index is 13.6. The second kappa shape index (κ2) is 4.96. The molecular formula is C13H16ClFO. The van der Waals surface area contributed by atoms with Gasteiger partial charge in [-0.15, -0.1) is 0 Å². The highest BCUT2D eigenvalue weighted by Gasteiger charge is 2.26. The average Bonchev–Trinajstić information content (AvgIpc) is 2.24. The summed E-state index contributed by atoms with van der Waals surface area (Å²) >= 11 is 5.66. The van der Waals surface area contributed by atoms with E-state index in [1.54, 1.807) is 12.1 Å². The molecule has 16 heavy (non-hydrogen) atoms. The van der Waals surface area contributed by atoms with Crippen LogP contribution in [-0.2, 0) is 11.2 Å². The van der Waals surface area contributed by atoms with Crippen LogP contribution in [0.3, 0.4) is 0 Å². The molecule has 0 atom stereocenters. The van der Waals surface area contributed by atoms with Crippen molar-refractivity contribution in [2.75, 3.05) is 0 Å². The van der Waals surface area contributed by atoms with E-state index in [1.807, 2.05) is 20.8 Å². The van der Waals surface area contributed by atoms with Crippen molar-refractivity contribution in [3.63, 3.8) is 0 Å². The van der Waals surface area contributed by atoms with Crippen molar-refractivity contribution in [1.82, 2.24) is 0 Å². The Labute approximate surface area is 101 Å². The standard InChI is InChI=1S/C13H16ClFO/c1-4-13(2,3)11(16)8-9-6-5-7-10(14)12(9)15/h5-7H,4,8H2,1-3H3. The van der Waals surface area contributed by atoms with Gasteiger partial charge in [-0.3, -0.25) is 4.79 Å². The maximum Gasteiger partial charge on any atom is 0.145 e. The van der Waals surface area contributed by atoms with Crippen LogP contribution < -0.4 is 0 Å². The molecule has 0 saturated carbocycles. The summed E-state index contributed by atoms with van der Waals surface area (Å²) in [5, 5.41) is 0.0691. The monoisotopic (exact) mass is 242 g/mol. The first-order valence-electron chi connectivity index (χ1n) is 5.34. The molecule has 0 unspecified atom stereocenters. The largest absolute Gasteiger partial charge is 0.299 e. The van der Waals surface area contributed by atoms with Gasteiger partial charge in [-0.2, -0.15) is 0 Å². The van der Waals surface area contributed by atoms with Gasteiger partial charge in [-0.1, -0.05) is 44.5 Å². The van der Waals surface area contributed by atoms with Gasteiger partial charge in [0.1, 0.15) is 11.6 Å². The van der Waals surface area contributed by atoms with Crippen LogP contribution in [0.4, 0.5) is 4.39 Å². The fourth-order valence-corrected chi connectivity index (χ4v) is 1.49. The van der Waals surface area contributed by atoms with E-state index in [4.69, 9.17) is 11.6 Å². The zero-order chi connectivity index (χ0) is 12.3. The van der Waals surface area contributed by atoms with Crippen LogP contribution >= 0.6 is 11.6 Å². The Hall–Kier alpha value is -0.890. The number of carbonyl (C=O) groups is 1. The molecule has 0 amide bonds. The maximum atomic E-state index is 13.6. The van der Waals surface area contributed by atoms with Gasteiger partial charge in [-0.25, -0.2) is 4.39 Å². The number of halogens is 2. The topological polar surface area (TPSA) is 17.1 Å². The molecule has 1 aromatic rings. The quantitative estimate of drug-likeness (QED) is 0.779. The van der Waals surface area contributed by atoms with Crippen LogP contribution in [0, 0.1) is 11.2 Å². The predicted octanol–water partition coefficient (Wildman–Crippen LogP) is 4.03. The Balaban J connectivity index is 2.90. The number of hydrogen-bond acceptors (Lipinski definition) is 1. The molecule has 0 aliphatic carbocycles. The number of hydrogen-bond donors (Lipinski definition) is 0. The van der Waals surface area contributed by atoms with Crippen LogP contribution in [0.5, 0.6) is 0 Å². The van der Waals surface area contributed by atoms with Crippen molar-refractivity contribution < 1.29 is 9.18 Å². The van der Waals surface area contributed by atoms with Gasteiger partial charge in [-0.05, 0) is 18.1 Å². The SMILES string of the molecule is CCC(C)(C)C(=O)Cc1cccc(Cl)c1F. The fraction of sp³-hybridized carbons (Fsp3) is 0.462. The van der Waals surface area contributed by atoms with Crippen molar-refractivity contribution >= 4 is 17.4 Å². The number of carbonyl (C=O) groups excluding carboxylic acids is 1. The Bertz CT molecular complexity index is 399. The first-order valence-corrected chi connectivity index (χ1v) is 5.72. The molecule has 0 fully saturated rings.